The number of carbonyl (C=O) groups excluding carboxylic acids is 1. The van der Waals surface area contributed by atoms with Crippen LogP contribution in [-0.4, -0.2) is 11.6 Å². The largest absolute Gasteiger partial charge is 0.459 e. The molecule has 4 rings (SSSR count). The zero-order chi connectivity index (χ0) is 14.4. The Morgan fingerprint density at radius 2 is 1.90 bits per heavy atom. The Morgan fingerprint density at radius 3 is 2.62 bits per heavy atom. The summed E-state index contributed by atoms with van der Waals surface area (Å²) < 4.78 is 6.09. The van der Waals surface area contributed by atoms with Crippen molar-refractivity contribution in [2.75, 3.05) is 0 Å². The molecule has 0 aromatic carbocycles. The van der Waals surface area contributed by atoms with E-state index in [1.165, 1.54) is 38.5 Å². The van der Waals surface area contributed by atoms with Crippen molar-refractivity contribution in [2.24, 2.45) is 29.6 Å². The van der Waals surface area contributed by atoms with Crippen LogP contribution >= 0.6 is 0 Å². The van der Waals surface area contributed by atoms with Gasteiger partial charge in [-0.2, -0.15) is 0 Å². The molecule has 2 nitrogen and oxygen atoms in total. The number of esters is 1. The van der Waals surface area contributed by atoms with E-state index in [1.807, 2.05) is 0 Å². The first-order chi connectivity index (χ1) is 10.1. The van der Waals surface area contributed by atoms with Crippen LogP contribution in [0.3, 0.4) is 0 Å². The molecule has 2 heteroatoms. The molecule has 0 aromatic heterocycles. The van der Waals surface area contributed by atoms with Gasteiger partial charge in [0.2, 0.25) is 0 Å². The van der Waals surface area contributed by atoms with Crippen LogP contribution in [0.4, 0.5) is 0 Å². The smallest absolute Gasteiger partial charge is 0.310 e. The normalized spacial score (nSPS) is 48.1. The third-order valence-electron chi connectivity index (χ3n) is 6.73. The fraction of sp³-hybridized carbons (Fsp3) is 0.842. The Labute approximate surface area is 128 Å². The number of fused-ring (bicyclic) bond motifs is 3. The summed E-state index contributed by atoms with van der Waals surface area (Å²) in [6, 6.07) is 0. The Morgan fingerprint density at radius 1 is 1.10 bits per heavy atom. The Balaban J connectivity index is 1.39. The summed E-state index contributed by atoms with van der Waals surface area (Å²) >= 11 is 0. The van der Waals surface area contributed by atoms with Gasteiger partial charge in [0.05, 0.1) is 5.92 Å². The first-order valence-electron chi connectivity index (χ1n) is 9.04. The summed E-state index contributed by atoms with van der Waals surface area (Å²) in [7, 11) is 0. The minimum absolute atomic E-state index is 0.101. The lowest BCUT2D eigenvalue weighted by Crippen LogP contribution is -2.43. The minimum atomic E-state index is -0.179. The highest BCUT2D eigenvalue weighted by Gasteiger charge is 2.45. The number of hydrogen-bond donors (Lipinski definition) is 0. The van der Waals surface area contributed by atoms with Gasteiger partial charge in [0.1, 0.15) is 5.60 Å². The maximum atomic E-state index is 12.6. The molecular weight excluding hydrogens is 260 g/mol. The average Bonchev–Trinajstić information content (AvgIpc) is 3.09. The molecule has 0 aliphatic heterocycles. The van der Waals surface area contributed by atoms with E-state index in [2.05, 4.69) is 19.1 Å². The van der Waals surface area contributed by atoms with Crippen molar-refractivity contribution in [3.05, 3.63) is 12.2 Å². The quantitative estimate of drug-likeness (QED) is 0.553. The molecule has 0 spiro atoms. The van der Waals surface area contributed by atoms with E-state index in [9.17, 15) is 4.79 Å². The number of ether oxygens (including phenoxy) is 1. The van der Waals surface area contributed by atoms with Gasteiger partial charge in [-0.15, -0.1) is 0 Å². The van der Waals surface area contributed by atoms with Crippen molar-refractivity contribution in [1.82, 2.24) is 0 Å². The van der Waals surface area contributed by atoms with E-state index < -0.39 is 0 Å². The SMILES string of the molecule is CC1(OC(=O)C2CC3C=CC2C3)CCC2CCCCC2C1. The summed E-state index contributed by atoms with van der Waals surface area (Å²) in [5, 5.41) is 0. The number of carbonyl (C=O) groups is 1. The van der Waals surface area contributed by atoms with Crippen molar-refractivity contribution < 1.29 is 9.53 Å². The molecule has 2 bridgehead atoms. The first kappa shape index (κ1) is 13.8. The van der Waals surface area contributed by atoms with Gasteiger partial charge in [0.15, 0.2) is 0 Å². The van der Waals surface area contributed by atoms with Crippen LogP contribution in [0.15, 0.2) is 12.2 Å². The number of allylic oxidation sites excluding steroid dienone is 2. The Kier molecular flexibility index (Phi) is 3.39. The topological polar surface area (TPSA) is 26.3 Å². The van der Waals surface area contributed by atoms with Crippen LogP contribution in [-0.2, 0) is 9.53 Å². The monoisotopic (exact) mass is 288 g/mol. The van der Waals surface area contributed by atoms with Crippen molar-refractivity contribution >= 4 is 5.97 Å². The van der Waals surface area contributed by atoms with E-state index in [0.29, 0.717) is 11.8 Å². The van der Waals surface area contributed by atoms with Gasteiger partial charge in [0, 0.05) is 0 Å². The second-order valence-electron chi connectivity index (χ2n) is 8.31. The molecule has 0 amide bonds. The summed E-state index contributed by atoms with van der Waals surface area (Å²) in [5.74, 6) is 3.09. The number of rotatable bonds is 2. The standard InChI is InChI=1S/C19H28O2/c1-19(9-8-14-4-2-3-5-16(14)12-19)21-18(20)17-11-13-6-7-15(17)10-13/h6-7,13-17H,2-5,8-12H2,1H3. The number of hydrogen-bond acceptors (Lipinski definition) is 2. The van der Waals surface area contributed by atoms with Gasteiger partial charge in [-0.3, -0.25) is 4.79 Å². The van der Waals surface area contributed by atoms with Crippen molar-refractivity contribution in [2.45, 2.75) is 70.3 Å². The first-order valence-corrected chi connectivity index (χ1v) is 9.04. The van der Waals surface area contributed by atoms with Crippen molar-refractivity contribution in [1.29, 1.82) is 0 Å². The summed E-state index contributed by atoms with van der Waals surface area (Å²) in [6.07, 6.45) is 15.8. The van der Waals surface area contributed by atoms with Gasteiger partial charge in [-0.05, 0) is 62.7 Å². The molecule has 4 aliphatic carbocycles. The fourth-order valence-corrected chi connectivity index (χ4v) is 5.54. The van der Waals surface area contributed by atoms with E-state index in [0.717, 1.165) is 31.1 Å². The summed E-state index contributed by atoms with van der Waals surface area (Å²) in [4.78, 5) is 12.6. The summed E-state index contributed by atoms with van der Waals surface area (Å²) in [5.41, 5.74) is -0.179. The highest BCUT2D eigenvalue weighted by Crippen LogP contribution is 2.48. The molecular formula is C19H28O2. The molecule has 21 heavy (non-hydrogen) atoms. The van der Waals surface area contributed by atoms with Crippen LogP contribution in [0.1, 0.15) is 64.7 Å². The zero-order valence-corrected chi connectivity index (χ0v) is 13.2. The Hall–Kier alpha value is -0.790. The molecule has 0 aromatic rings. The summed E-state index contributed by atoms with van der Waals surface area (Å²) in [6.45, 7) is 2.19. The lowest BCUT2D eigenvalue weighted by atomic mass is 9.66. The lowest BCUT2D eigenvalue weighted by molar-refractivity contribution is -0.171. The third kappa shape index (κ3) is 2.55. The van der Waals surface area contributed by atoms with Gasteiger partial charge >= 0.3 is 5.97 Å². The fourth-order valence-electron chi connectivity index (χ4n) is 5.54. The third-order valence-corrected chi connectivity index (χ3v) is 6.73. The predicted molar refractivity (Wildman–Crippen MR) is 82.6 cm³/mol. The minimum Gasteiger partial charge on any atom is -0.459 e. The second kappa shape index (κ2) is 5.14. The van der Waals surface area contributed by atoms with Crippen LogP contribution in [0.2, 0.25) is 0 Å². The van der Waals surface area contributed by atoms with Crippen LogP contribution in [0.5, 0.6) is 0 Å². The highest BCUT2D eigenvalue weighted by molar-refractivity contribution is 5.74. The Bertz CT molecular complexity index is 454. The molecule has 4 aliphatic rings. The molecule has 6 unspecified atom stereocenters. The lowest BCUT2D eigenvalue weighted by Gasteiger charge is -2.44. The molecule has 0 heterocycles. The maximum Gasteiger partial charge on any atom is 0.310 e. The highest BCUT2D eigenvalue weighted by atomic mass is 16.6. The van der Waals surface area contributed by atoms with Gasteiger partial charge in [0.25, 0.3) is 0 Å². The van der Waals surface area contributed by atoms with Crippen LogP contribution < -0.4 is 0 Å². The molecule has 0 radical (unpaired) electrons. The molecule has 3 fully saturated rings. The van der Waals surface area contributed by atoms with Crippen LogP contribution in [0.25, 0.3) is 0 Å². The van der Waals surface area contributed by atoms with E-state index in [1.54, 1.807) is 0 Å². The van der Waals surface area contributed by atoms with Crippen LogP contribution in [0, 0.1) is 29.6 Å². The molecule has 0 N–H and O–H groups in total. The van der Waals surface area contributed by atoms with Gasteiger partial charge in [-0.25, -0.2) is 0 Å². The zero-order valence-electron chi connectivity index (χ0n) is 13.2. The molecule has 0 saturated heterocycles. The molecule has 6 atom stereocenters. The maximum absolute atomic E-state index is 12.6. The second-order valence-corrected chi connectivity index (χ2v) is 8.31. The molecule has 116 valence electrons. The van der Waals surface area contributed by atoms with E-state index >= 15 is 0 Å². The van der Waals surface area contributed by atoms with Gasteiger partial charge in [-0.1, -0.05) is 37.8 Å². The van der Waals surface area contributed by atoms with Crippen molar-refractivity contribution in [3.8, 4) is 0 Å². The molecule has 3 saturated carbocycles. The predicted octanol–water partition coefficient (Wildman–Crippen LogP) is 4.49. The van der Waals surface area contributed by atoms with Gasteiger partial charge < -0.3 is 4.74 Å². The average molecular weight is 288 g/mol. The van der Waals surface area contributed by atoms with E-state index in [4.69, 9.17) is 4.74 Å². The van der Waals surface area contributed by atoms with E-state index in [-0.39, 0.29) is 17.5 Å². The van der Waals surface area contributed by atoms with Crippen molar-refractivity contribution in [3.63, 3.8) is 0 Å².